The van der Waals surface area contributed by atoms with E-state index in [-0.39, 0.29) is 11.6 Å². The van der Waals surface area contributed by atoms with Crippen LogP contribution in [0.1, 0.15) is 20.8 Å². The van der Waals surface area contributed by atoms with Gasteiger partial charge in [-0.15, -0.1) is 0 Å². The van der Waals surface area contributed by atoms with Crippen molar-refractivity contribution >= 4 is 13.2 Å². The highest BCUT2D eigenvalue weighted by Crippen LogP contribution is 2.22. The topological polar surface area (TPSA) is 68.7 Å². The molecular formula is C19H21BFNO4. The normalized spacial score (nSPS) is 11.9. The summed E-state index contributed by atoms with van der Waals surface area (Å²) in [5, 5.41) is 9.75. The van der Waals surface area contributed by atoms with Gasteiger partial charge in [0.2, 0.25) is 0 Å². The van der Waals surface area contributed by atoms with Gasteiger partial charge in [-0.3, -0.25) is 4.79 Å². The highest BCUT2D eigenvalue weighted by molar-refractivity contribution is 6.36. The Morgan fingerprint density at radius 1 is 1.19 bits per heavy atom. The number of aromatic nitrogens is 1. The van der Waals surface area contributed by atoms with Crippen molar-refractivity contribution in [3.8, 4) is 17.1 Å². The summed E-state index contributed by atoms with van der Waals surface area (Å²) in [4.78, 5) is 15.9. The van der Waals surface area contributed by atoms with Crippen molar-refractivity contribution < 1.29 is 23.5 Å². The Kier molecular flexibility index (Phi) is 6.52. The van der Waals surface area contributed by atoms with Crippen LogP contribution in [-0.4, -0.2) is 29.9 Å². The van der Waals surface area contributed by atoms with Crippen molar-refractivity contribution in [3.63, 3.8) is 0 Å². The van der Waals surface area contributed by atoms with Crippen molar-refractivity contribution in [1.29, 1.82) is 0 Å². The molecule has 1 aromatic carbocycles. The van der Waals surface area contributed by atoms with Crippen LogP contribution in [0.25, 0.3) is 11.3 Å². The third kappa shape index (κ3) is 6.00. The van der Waals surface area contributed by atoms with Gasteiger partial charge in [0.25, 0.3) is 0 Å². The van der Waals surface area contributed by atoms with Crippen LogP contribution < -0.4 is 4.65 Å². The maximum absolute atomic E-state index is 13.8. The Labute approximate surface area is 152 Å². The molecule has 136 valence electrons. The van der Waals surface area contributed by atoms with Crippen molar-refractivity contribution in [2.45, 2.75) is 20.8 Å². The van der Waals surface area contributed by atoms with Gasteiger partial charge < -0.3 is 14.4 Å². The van der Waals surface area contributed by atoms with Gasteiger partial charge in [0, 0.05) is 17.1 Å². The summed E-state index contributed by atoms with van der Waals surface area (Å²) in [5.74, 6) is -0.617. The molecule has 0 amide bonds. The molecule has 0 aliphatic carbocycles. The van der Waals surface area contributed by atoms with Gasteiger partial charge in [0.05, 0.1) is 12.3 Å². The molecule has 26 heavy (non-hydrogen) atoms. The second-order valence-electron chi connectivity index (χ2n) is 6.68. The van der Waals surface area contributed by atoms with Crippen molar-refractivity contribution in [3.05, 3.63) is 60.4 Å². The Morgan fingerprint density at radius 3 is 2.54 bits per heavy atom. The molecule has 0 radical (unpaired) electrons. The third-order valence-electron chi connectivity index (χ3n) is 3.43. The fourth-order valence-electron chi connectivity index (χ4n) is 1.94. The number of carbonyl (C=O) groups excluding carboxylic acids is 1. The molecule has 0 atom stereocenters. The summed E-state index contributed by atoms with van der Waals surface area (Å²) in [6.45, 7) is 4.69. The van der Waals surface area contributed by atoms with Crippen molar-refractivity contribution in [2.24, 2.45) is 5.41 Å². The van der Waals surface area contributed by atoms with Crippen LogP contribution in [0.15, 0.2) is 60.4 Å². The maximum Gasteiger partial charge on any atom is 0.756 e. The highest BCUT2D eigenvalue weighted by atomic mass is 19.1. The number of aliphatic hydroxyl groups excluding tert-OH is 1. The summed E-state index contributed by atoms with van der Waals surface area (Å²) in [6, 6.07) is 14.3. The monoisotopic (exact) mass is 357 g/mol. The van der Waals surface area contributed by atoms with E-state index in [0.717, 1.165) is 11.6 Å². The van der Waals surface area contributed by atoms with E-state index in [0.29, 0.717) is 5.69 Å². The predicted octanol–water partition coefficient (Wildman–Crippen LogP) is 4.16. The Morgan fingerprint density at radius 2 is 1.88 bits per heavy atom. The van der Waals surface area contributed by atoms with Gasteiger partial charge in [-0.25, -0.2) is 9.30 Å². The van der Waals surface area contributed by atoms with Crippen LogP contribution in [0.3, 0.4) is 0 Å². The molecule has 0 fully saturated rings. The smallest absolute Gasteiger partial charge is 0.512 e. The number of carbonyl (C=O) groups is 1. The van der Waals surface area contributed by atoms with Crippen LogP contribution in [0.4, 0.5) is 4.32 Å². The van der Waals surface area contributed by atoms with E-state index >= 15 is 0 Å². The average molecular weight is 357 g/mol. The number of ketones is 1. The van der Waals surface area contributed by atoms with Gasteiger partial charge >= 0.3 is 7.40 Å². The zero-order chi connectivity index (χ0) is 19.2. The number of pyridine rings is 1. The van der Waals surface area contributed by atoms with Crippen molar-refractivity contribution in [2.75, 3.05) is 6.61 Å². The Hall–Kier alpha value is -2.67. The quantitative estimate of drug-likeness (QED) is 0.458. The van der Waals surface area contributed by atoms with Gasteiger partial charge in [-0.2, -0.15) is 0 Å². The first kappa shape index (κ1) is 19.7. The number of allylic oxidation sites excluding steroid dienone is 1. The lowest BCUT2D eigenvalue weighted by Crippen LogP contribution is -2.25. The minimum atomic E-state index is -2.15. The van der Waals surface area contributed by atoms with Crippen LogP contribution in [0, 0.1) is 5.41 Å². The van der Waals surface area contributed by atoms with Gasteiger partial charge in [-0.05, 0) is 12.1 Å². The second kappa shape index (κ2) is 8.62. The predicted molar refractivity (Wildman–Crippen MR) is 98.3 cm³/mol. The lowest BCUT2D eigenvalue weighted by Gasteiger charge is -2.16. The average Bonchev–Trinajstić information content (AvgIpc) is 2.60. The van der Waals surface area contributed by atoms with E-state index in [2.05, 4.69) is 4.98 Å². The van der Waals surface area contributed by atoms with Crippen molar-refractivity contribution in [1.82, 2.24) is 4.98 Å². The van der Waals surface area contributed by atoms with Crippen LogP contribution >= 0.6 is 0 Å². The summed E-state index contributed by atoms with van der Waals surface area (Å²) >= 11 is 0. The molecule has 5 nitrogen and oxygen atoms in total. The van der Waals surface area contributed by atoms with Gasteiger partial charge in [-0.1, -0.05) is 57.2 Å². The minimum Gasteiger partial charge on any atom is -0.512 e. The van der Waals surface area contributed by atoms with Gasteiger partial charge in [0.15, 0.2) is 11.7 Å². The maximum atomic E-state index is 13.8. The summed E-state index contributed by atoms with van der Waals surface area (Å²) in [7, 11) is -2.15. The molecule has 0 unspecified atom stereocenters. The Bertz CT molecular complexity index is 775. The number of aliphatic hydroxyl groups is 1. The zero-order valence-corrected chi connectivity index (χ0v) is 15.0. The van der Waals surface area contributed by atoms with E-state index in [1.807, 2.05) is 30.3 Å². The number of benzene rings is 1. The molecule has 0 spiro atoms. The van der Waals surface area contributed by atoms with Crippen LogP contribution in [-0.2, 0) is 9.45 Å². The van der Waals surface area contributed by atoms with E-state index in [9.17, 15) is 14.2 Å². The van der Waals surface area contributed by atoms with Crippen LogP contribution in [0.2, 0.25) is 0 Å². The highest BCUT2D eigenvalue weighted by Gasteiger charge is 2.24. The van der Waals surface area contributed by atoms with Gasteiger partial charge in [0.1, 0.15) is 5.76 Å². The lowest BCUT2D eigenvalue weighted by molar-refractivity contribution is -0.117. The van der Waals surface area contributed by atoms with E-state index in [1.54, 1.807) is 32.9 Å². The summed E-state index contributed by atoms with van der Waals surface area (Å²) in [5.41, 5.74) is 0.931. The summed E-state index contributed by atoms with van der Waals surface area (Å²) < 4.78 is 23.5. The number of halogens is 1. The molecule has 0 bridgehead atoms. The minimum absolute atomic E-state index is 0.0411. The molecule has 0 aliphatic rings. The fourth-order valence-corrected chi connectivity index (χ4v) is 1.94. The first-order chi connectivity index (χ1) is 12.3. The molecular weight excluding hydrogens is 336 g/mol. The number of hydrogen-bond acceptors (Lipinski definition) is 5. The van der Waals surface area contributed by atoms with E-state index < -0.39 is 25.2 Å². The molecule has 7 heteroatoms. The number of rotatable bonds is 7. The number of hydrogen-bond donors (Lipinski definition) is 1. The lowest BCUT2D eigenvalue weighted by atomic mass is 9.93. The molecule has 2 aromatic rings. The van der Waals surface area contributed by atoms with Crippen LogP contribution in [0.5, 0.6) is 5.88 Å². The molecule has 1 aromatic heterocycles. The number of nitrogens with zero attached hydrogens (tertiary/aromatic N) is 1. The standard InChI is InChI=1S/C19H21BFNO4/c1-19(2,3)17(24)12-15(23)13-25-20(21)26-18-11-7-10-16(22-18)14-8-5-4-6-9-14/h4-12,24H,13H2,1-3H3. The molecule has 1 N–H and O–H groups in total. The van der Waals surface area contributed by atoms with E-state index in [1.165, 1.54) is 6.07 Å². The van der Waals surface area contributed by atoms with E-state index in [4.69, 9.17) is 9.31 Å². The molecule has 2 rings (SSSR count). The largest absolute Gasteiger partial charge is 0.756 e. The molecule has 0 aliphatic heterocycles. The summed E-state index contributed by atoms with van der Waals surface area (Å²) in [6.07, 6.45) is 1.03. The second-order valence-corrected chi connectivity index (χ2v) is 6.68. The third-order valence-corrected chi connectivity index (χ3v) is 3.43. The molecule has 0 saturated carbocycles. The first-order valence-corrected chi connectivity index (χ1v) is 8.14. The fraction of sp³-hybridized carbons (Fsp3) is 0.263. The SMILES string of the molecule is CC(C)(C)C(O)=CC(=O)COB(F)Oc1cccc(-c2ccccc2)n1. The molecule has 0 saturated heterocycles. The Balaban J connectivity index is 1.92. The zero-order valence-electron chi connectivity index (χ0n) is 15.0. The molecule has 1 heterocycles. The first-order valence-electron chi connectivity index (χ1n) is 8.14.